The van der Waals surface area contributed by atoms with Gasteiger partial charge in [-0.05, 0) is 49.1 Å². The van der Waals surface area contributed by atoms with Gasteiger partial charge in [-0.15, -0.1) is 8.78 Å². The quantitative estimate of drug-likeness (QED) is 0.473. The fourth-order valence-corrected chi connectivity index (χ4v) is 6.16. The minimum Gasteiger partial charge on any atom is -0.471 e. The SMILES string of the molecule is C[C@@H]1[C@@H]2CN(C(=O)[C@H](C(C)(C)C)NC(=O)O[C@@H]3C[C@H]3CCCCCc3nc4ccc5c(c4nc3O2)OC(F)(F)O5)[C@@H]1C=O. The predicted octanol–water partition coefficient (Wildman–Crippen LogP) is 4.39. The van der Waals surface area contributed by atoms with Crippen LogP contribution in [0.1, 0.15) is 65.5 Å². The van der Waals surface area contributed by atoms with E-state index in [0.717, 1.165) is 32.1 Å². The van der Waals surface area contributed by atoms with Crippen molar-refractivity contribution < 1.29 is 42.1 Å². The van der Waals surface area contributed by atoms with Crippen LogP contribution in [-0.4, -0.2) is 70.3 Å². The molecule has 1 aromatic carbocycles. The van der Waals surface area contributed by atoms with Crippen molar-refractivity contribution in [3.8, 4) is 17.4 Å². The van der Waals surface area contributed by atoms with Crippen molar-refractivity contribution in [3.05, 3.63) is 17.8 Å². The Balaban J connectivity index is 1.36. The lowest BCUT2D eigenvalue weighted by molar-refractivity contribution is -0.286. The van der Waals surface area contributed by atoms with Crippen molar-refractivity contribution in [2.24, 2.45) is 17.3 Å². The van der Waals surface area contributed by atoms with Gasteiger partial charge in [-0.3, -0.25) is 4.79 Å². The predicted molar refractivity (Wildman–Crippen MR) is 148 cm³/mol. The first kappa shape index (κ1) is 29.3. The van der Waals surface area contributed by atoms with E-state index in [0.29, 0.717) is 23.9 Å². The van der Waals surface area contributed by atoms with E-state index in [4.69, 9.17) is 19.2 Å². The zero-order valence-corrected chi connectivity index (χ0v) is 24.6. The average Bonchev–Trinajstić information content (AvgIpc) is 3.46. The van der Waals surface area contributed by atoms with Crippen molar-refractivity contribution in [2.45, 2.75) is 96.8 Å². The van der Waals surface area contributed by atoms with E-state index < -0.39 is 47.8 Å². The number of fused-ring (bicyclic) bond motifs is 7. The second-order valence-corrected chi connectivity index (χ2v) is 13.0. The summed E-state index contributed by atoms with van der Waals surface area (Å²) in [7, 11) is 0. The van der Waals surface area contributed by atoms with Crippen LogP contribution >= 0.6 is 0 Å². The van der Waals surface area contributed by atoms with Crippen molar-refractivity contribution >= 4 is 29.3 Å². The highest BCUT2D eigenvalue weighted by Crippen LogP contribution is 2.45. The number of aryl methyl sites for hydroxylation is 1. The largest absolute Gasteiger partial charge is 0.586 e. The van der Waals surface area contributed by atoms with Gasteiger partial charge in [-0.25, -0.2) is 14.8 Å². The fourth-order valence-electron chi connectivity index (χ4n) is 6.16. The molecule has 2 fully saturated rings. The Hall–Kier alpha value is -3.77. The molecule has 1 aliphatic carbocycles. The molecular weight excluding hydrogens is 566 g/mol. The summed E-state index contributed by atoms with van der Waals surface area (Å²) in [6, 6.07) is 1.14. The highest BCUT2D eigenvalue weighted by atomic mass is 19.3. The molecule has 11 nitrogen and oxygen atoms in total. The molecule has 1 saturated carbocycles. The third-order valence-electron chi connectivity index (χ3n) is 8.77. The molecular formula is C30H36F2N4O7. The van der Waals surface area contributed by atoms with Crippen LogP contribution in [0.3, 0.4) is 0 Å². The van der Waals surface area contributed by atoms with Gasteiger partial charge in [0.25, 0.3) is 0 Å². The third-order valence-corrected chi connectivity index (χ3v) is 8.77. The maximum atomic E-state index is 13.9. The Kier molecular flexibility index (Phi) is 7.32. The molecule has 6 rings (SSSR count). The van der Waals surface area contributed by atoms with E-state index in [2.05, 4.69) is 15.0 Å². The maximum absolute atomic E-state index is 13.9. The Morgan fingerprint density at radius 3 is 2.60 bits per heavy atom. The smallest absolute Gasteiger partial charge is 0.471 e. The number of benzene rings is 1. The van der Waals surface area contributed by atoms with Gasteiger partial charge < -0.3 is 34.0 Å². The average molecular weight is 603 g/mol. The zero-order chi connectivity index (χ0) is 30.7. The summed E-state index contributed by atoms with van der Waals surface area (Å²) in [5.74, 6) is -0.852. The first-order chi connectivity index (χ1) is 20.3. The van der Waals surface area contributed by atoms with Gasteiger partial charge in [-0.2, -0.15) is 0 Å². The number of amides is 2. The van der Waals surface area contributed by atoms with Crippen LogP contribution in [0, 0.1) is 17.3 Å². The number of alkyl halides is 2. The summed E-state index contributed by atoms with van der Waals surface area (Å²) in [4.78, 5) is 49.8. The van der Waals surface area contributed by atoms with Gasteiger partial charge in [0, 0.05) is 5.92 Å². The van der Waals surface area contributed by atoms with Gasteiger partial charge in [0.1, 0.15) is 35.7 Å². The number of aldehydes is 1. The van der Waals surface area contributed by atoms with Crippen LogP contribution in [0.15, 0.2) is 12.1 Å². The molecule has 0 spiro atoms. The second kappa shape index (κ2) is 10.7. The lowest BCUT2D eigenvalue weighted by Gasteiger charge is -2.34. The molecule has 1 saturated heterocycles. The third kappa shape index (κ3) is 5.77. The number of carbonyl (C=O) groups excluding carboxylic acids is 3. The van der Waals surface area contributed by atoms with Crippen LogP contribution in [-0.2, 0) is 20.7 Å². The van der Waals surface area contributed by atoms with Gasteiger partial charge >= 0.3 is 12.4 Å². The monoisotopic (exact) mass is 602 g/mol. The molecule has 4 aliphatic rings. The first-order valence-electron chi connectivity index (χ1n) is 14.8. The number of aromatic nitrogens is 2. The van der Waals surface area contributed by atoms with Gasteiger partial charge in [-0.1, -0.05) is 40.5 Å². The van der Waals surface area contributed by atoms with E-state index >= 15 is 0 Å². The number of carbonyl (C=O) groups is 3. The number of hydrogen-bond acceptors (Lipinski definition) is 9. The molecule has 43 heavy (non-hydrogen) atoms. The van der Waals surface area contributed by atoms with E-state index in [1.807, 2.05) is 20.8 Å². The van der Waals surface area contributed by atoms with Crippen LogP contribution in [0.2, 0.25) is 0 Å². The lowest BCUT2D eigenvalue weighted by atomic mass is 9.85. The number of rotatable bonds is 1. The molecule has 3 aliphatic heterocycles. The molecule has 0 radical (unpaired) electrons. The van der Waals surface area contributed by atoms with Crippen LogP contribution in [0.4, 0.5) is 13.6 Å². The van der Waals surface area contributed by atoms with Gasteiger partial charge in [0.2, 0.25) is 17.5 Å². The molecule has 2 amide bonds. The van der Waals surface area contributed by atoms with Gasteiger partial charge in [0.15, 0.2) is 5.75 Å². The summed E-state index contributed by atoms with van der Waals surface area (Å²) in [6.45, 7) is 7.33. The van der Waals surface area contributed by atoms with E-state index in [1.54, 1.807) is 13.0 Å². The number of nitrogens with zero attached hydrogens (tertiary/aromatic N) is 3. The van der Waals surface area contributed by atoms with Crippen LogP contribution < -0.4 is 19.5 Å². The Bertz CT molecular complexity index is 1450. The topological polar surface area (TPSA) is 129 Å². The Labute approximate surface area is 247 Å². The summed E-state index contributed by atoms with van der Waals surface area (Å²) >= 11 is 0. The Morgan fingerprint density at radius 1 is 1.07 bits per heavy atom. The minimum atomic E-state index is -3.83. The zero-order valence-electron chi connectivity index (χ0n) is 24.6. The molecule has 232 valence electrons. The summed E-state index contributed by atoms with van der Waals surface area (Å²) in [6.07, 6.45) is 0.165. The van der Waals surface area contributed by atoms with Crippen molar-refractivity contribution in [1.29, 1.82) is 0 Å². The highest BCUT2D eigenvalue weighted by molar-refractivity contribution is 5.89. The number of alkyl carbamates (subject to hydrolysis) is 1. The first-order valence-corrected chi connectivity index (χ1v) is 14.8. The van der Waals surface area contributed by atoms with Crippen molar-refractivity contribution in [1.82, 2.24) is 20.2 Å². The minimum absolute atomic E-state index is 0.0428. The summed E-state index contributed by atoms with van der Waals surface area (Å²) in [5, 5.41) is 2.76. The summed E-state index contributed by atoms with van der Waals surface area (Å²) < 4.78 is 49.2. The Morgan fingerprint density at radius 2 is 1.86 bits per heavy atom. The second-order valence-electron chi connectivity index (χ2n) is 13.0. The summed E-state index contributed by atoms with van der Waals surface area (Å²) in [5.41, 5.74) is 0.285. The van der Waals surface area contributed by atoms with Crippen molar-refractivity contribution in [3.63, 3.8) is 0 Å². The molecule has 2 aromatic rings. The fraction of sp³-hybridized carbons (Fsp3) is 0.633. The maximum Gasteiger partial charge on any atom is 0.586 e. The lowest BCUT2D eigenvalue weighted by Crippen LogP contribution is -2.56. The highest BCUT2D eigenvalue weighted by Gasteiger charge is 2.49. The number of ether oxygens (including phenoxy) is 4. The standard InChI is InChI=1S/C30H36F2N4O7/c1-15-19(14-37)36-13-22(15)40-26-18(33-17-10-11-20-24(23(17)34-26)43-30(31,32)42-20)9-7-5-6-8-16-12-21(16)41-28(39)35-25(27(36)38)29(2,3)4/h10-11,14-16,19,21-22,25H,5-9,12-13H2,1-4H3,(H,35,39)/t15-,16+,19+,21+,22-,25+/m0/s1. The van der Waals surface area contributed by atoms with Crippen LogP contribution in [0.5, 0.6) is 17.4 Å². The molecule has 4 heterocycles. The van der Waals surface area contributed by atoms with Gasteiger partial charge in [0.05, 0.1) is 18.1 Å². The molecule has 13 heteroatoms. The van der Waals surface area contributed by atoms with Crippen molar-refractivity contribution in [2.75, 3.05) is 6.54 Å². The number of hydrogen-bond donors (Lipinski definition) is 1. The molecule has 1 aromatic heterocycles. The molecule has 2 bridgehead atoms. The normalized spacial score (nSPS) is 30.7. The number of nitrogens with one attached hydrogen (secondary N) is 1. The molecule has 6 atom stereocenters. The van der Waals surface area contributed by atoms with E-state index in [9.17, 15) is 23.2 Å². The van der Waals surface area contributed by atoms with E-state index in [-0.39, 0.29) is 41.5 Å². The van der Waals surface area contributed by atoms with E-state index in [1.165, 1.54) is 11.0 Å². The van der Waals surface area contributed by atoms with Crippen LogP contribution in [0.25, 0.3) is 11.0 Å². The number of halogens is 2. The molecule has 0 unspecified atom stereocenters. The molecule has 1 N–H and O–H groups in total.